The van der Waals surface area contributed by atoms with Crippen molar-refractivity contribution in [2.24, 2.45) is 0 Å². The SMILES string of the molecule is CC=CC(=O)c1cn2cc(C(C)(C)C)sc2n1. The number of thiazole rings is 1. The molecule has 2 aromatic heterocycles. The van der Waals surface area contributed by atoms with Gasteiger partial charge in [-0.25, -0.2) is 4.98 Å². The lowest BCUT2D eigenvalue weighted by atomic mass is 9.96. The van der Waals surface area contributed by atoms with Crippen LogP contribution < -0.4 is 0 Å². The number of carbonyl (C=O) groups is 1. The van der Waals surface area contributed by atoms with Gasteiger partial charge in [-0.2, -0.15) is 0 Å². The van der Waals surface area contributed by atoms with Crippen molar-refractivity contribution in [2.75, 3.05) is 0 Å². The van der Waals surface area contributed by atoms with E-state index in [-0.39, 0.29) is 11.2 Å². The molecule has 0 fully saturated rings. The van der Waals surface area contributed by atoms with E-state index in [9.17, 15) is 4.79 Å². The zero-order chi connectivity index (χ0) is 12.6. The third kappa shape index (κ3) is 2.31. The lowest BCUT2D eigenvalue weighted by Crippen LogP contribution is -2.08. The Kier molecular flexibility index (Phi) is 2.91. The largest absolute Gasteiger partial charge is 0.297 e. The van der Waals surface area contributed by atoms with Gasteiger partial charge in [0.25, 0.3) is 0 Å². The van der Waals surface area contributed by atoms with Crippen molar-refractivity contribution in [2.45, 2.75) is 33.1 Å². The summed E-state index contributed by atoms with van der Waals surface area (Å²) in [5, 5.41) is 0. The molecule has 0 atom stereocenters. The minimum Gasteiger partial charge on any atom is -0.297 e. The first-order valence-corrected chi connectivity index (χ1v) is 6.39. The Hall–Kier alpha value is -1.42. The van der Waals surface area contributed by atoms with Gasteiger partial charge in [-0.3, -0.25) is 9.20 Å². The molecule has 0 spiro atoms. The predicted octanol–water partition coefficient (Wildman–Crippen LogP) is 3.45. The Balaban J connectivity index is 2.42. The van der Waals surface area contributed by atoms with Gasteiger partial charge in [0.2, 0.25) is 5.78 Å². The molecule has 3 nitrogen and oxygen atoms in total. The zero-order valence-corrected chi connectivity index (χ0v) is 11.3. The predicted molar refractivity (Wildman–Crippen MR) is 70.9 cm³/mol. The fraction of sp³-hybridized carbons (Fsp3) is 0.385. The van der Waals surface area contributed by atoms with Gasteiger partial charge in [-0.05, 0) is 18.4 Å². The van der Waals surface area contributed by atoms with E-state index in [1.54, 1.807) is 23.6 Å². The quantitative estimate of drug-likeness (QED) is 0.602. The number of nitrogens with zero attached hydrogens (tertiary/aromatic N) is 2. The molecule has 0 amide bonds. The van der Waals surface area contributed by atoms with Crippen LogP contribution in [0.3, 0.4) is 0 Å². The van der Waals surface area contributed by atoms with Crippen molar-refractivity contribution in [3.63, 3.8) is 0 Å². The van der Waals surface area contributed by atoms with Crippen molar-refractivity contribution in [1.29, 1.82) is 0 Å². The molecule has 2 rings (SSSR count). The molecule has 4 heteroatoms. The van der Waals surface area contributed by atoms with Crippen molar-refractivity contribution in [3.05, 3.63) is 35.1 Å². The number of imidazole rings is 1. The first-order chi connectivity index (χ1) is 7.91. The van der Waals surface area contributed by atoms with E-state index in [0.29, 0.717) is 5.69 Å². The van der Waals surface area contributed by atoms with Gasteiger partial charge < -0.3 is 0 Å². The lowest BCUT2D eigenvalue weighted by Gasteiger charge is -2.14. The minimum atomic E-state index is -0.0410. The third-order valence-electron chi connectivity index (χ3n) is 2.47. The van der Waals surface area contributed by atoms with Crippen molar-refractivity contribution < 1.29 is 4.79 Å². The highest BCUT2D eigenvalue weighted by atomic mass is 32.1. The van der Waals surface area contributed by atoms with Gasteiger partial charge in [-0.15, -0.1) is 11.3 Å². The molecule has 0 N–H and O–H groups in total. The molecule has 0 radical (unpaired) electrons. The van der Waals surface area contributed by atoms with E-state index in [1.807, 2.05) is 11.3 Å². The van der Waals surface area contributed by atoms with E-state index in [4.69, 9.17) is 0 Å². The molecule has 0 aromatic carbocycles. The Bertz CT molecular complexity index is 553. The number of fused-ring (bicyclic) bond motifs is 1. The second-order valence-corrected chi connectivity index (χ2v) is 6.03. The molecular formula is C13H16N2OS. The van der Waals surface area contributed by atoms with E-state index < -0.39 is 0 Å². The number of allylic oxidation sites excluding steroid dienone is 2. The summed E-state index contributed by atoms with van der Waals surface area (Å²) in [6.45, 7) is 8.34. The number of carbonyl (C=O) groups excluding carboxylic acids is 1. The maximum atomic E-state index is 11.6. The Labute approximate surface area is 105 Å². The summed E-state index contributed by atoms with van der Waals surface area (Å²) in [5.74, 6) is -0.0410. The van der Waals surface area contributed by atoms with Crippen LogP contribution in [0.1, 0.15) is 43.1 Å². The maximum Gasteiger partial charge on any atom is 0.205 e. The van der Waals surface area contributed by atoms with Gasteiger partial charge in [0.1, 0.15) is 5.69 Å². The highest BCUT2D eigenvalue weighted by Crippen LogP contribution is 2.29. The van der Waals surface area contributed by atoms with E-state index >= 15 is 0 Å². The fourth-order valence-electron chi connectivity index (χ4n) is 1.50. The van der Waals surface area contributed by atoms with Crippen LogP contribution in [0.2, 0.25) is 0 Å². The second kappa shape index (κ2) is 4.11. The van der Waals surface area contributed by atoms with Crippen molar-refractivity contribution in [1.82, 2.24) is 9.38 Å². The van der Waals surface area contributed by atoms with Gasteiger partial charge in [0.05, 0.1) is 0 Å². The molecule has 0 aliphatic heterocycles. The van der Waals surface area contributed by atoms with Gasteiger partial charge >= 0.3 is 0 Å². The van der Waals surface area contributed by atoms with Crippen LogP contribution in [-0.2, 0) is 5.41 Å². The monoisotopic (exact) mass is 248 g/mol. The molecule has 0 aliphatic carbocycles. The number of aromatic nitrogens is 2. The average Bonchev–Trinajstić information content (AvgIpc) is 2.72. The van der Waals surface area contributed by atoms with Crippen LogP contribution in [0, 0.1) is 0 Å². The van der Waals surface area contributed by atoms with Gasteiger partial charge in [0, 0.05) is 17.3 Å². The van der Waals surface area contributed by atoms with Crippen LogP contribution in [0.25, 0.3) is 4.96 Å². The molecule has 2 aromatic rings. The molecule has 0 bridgehead atoms. The summed E-state index contributed by atoms with van der Waals surface area (Å²) in [4.78, 5) is 18.1. The first kappa shape index (κ1) is 12.0. The number of hydrogen-bond acceptors (Lipinski definition) is 3. The van der Waals surface area contributed by atoms with Crippen molar-refractivity contribution >= 4 is 22.1 Å². The molecule has 17 heavy (non-hydrogen) atoms. The number of hydrogen-bond donors (Lipinski definition) is 0. The Morgan fingerprint density at radius 3 is 2.65 bits per heavy atom. The minimum absolute atomic E-state index is 0.0410. The summed E-state index contributed by atoms with van der Waals surface area (Å²) in [6, 6.07) is 0. The molecule has 0 aliphatic rings. The van der Waals surface area contributed by atoms with Crippen LogP contribution in [-0.4, -0.2) is 15.2 Å². The smallest absolute Gasteiger partial charge is 0.205 e. The summed E-state index contributed by atoms with van der Waals surface area (Å²) in [6.07, 6.45) is 7.12. The third-order valence-corrected chi connectivity index (χ3v) is 3.89. The topological polar surface area (TPSA) is 34.4 Å². The Morgan fingerprint density at radius 1 is 1.41 bits per heavy atom. The van der Waals surface area contributed by atoms with Crippen molar-refractivity contribution in [3.8, 4) is 0 Å². The van der Waals surface area contributed by atoms with Gasteiger partial charge in [-0.1, -0.05) is 26.8 Å². The van der Waals surface area contributed by atoms with E-state index in [0.717, 1.165) is 4.96 Å². The second-order valence-electron chi connectivity index (χ2n) is 5.03. The molecule has 0 saturated heterocycles. The van der Waals surface area contributed by atoms with E-state index in [1.165, 1.54) is 11.0 Å². The lowest BCUT2D eigenvalue weighted by molar-refractivity contribution is 0.104. The highest BCUT2D eigenvalue weighted by Gasteiger charge is 2.19. The molecule has 2 heterocycles. The summed E-state index contributed by atoms with van der Waals surface area (Å²) >= 11 is 1.64. The van der Waals surface area contributed by atoms with Gasteiger partial charge in [0.15, 0.2) is 4.96 Å². The molecule has 0 saturated carbocycles. The zero-order valence-electron chi connectivity index (χ0n) is 10.5. The number of rotatable bonds is 2. The molecular weight excluding hydrogens is 232 g/mol. The van der Waals surface area contributed by atoms with E-state index in [2.05, 4.69) is 32.0 Å². The van der Waals surface area contributed by atoms with Crippen LogP contribution >= 0.6 is 11.3 Å². The molecule has 90 valence electrons. The first-order valence-electron chi connectivity index (χ1n) is 5.58. The standard InChI is InChI=1S/C13H16N2OS/c1-5-6-10(16)9-7-15-8-11(13(2,3)4)17-12(15)14-9/h5-8H,1-4H3. The average molecular weight is 248 g/mol. The van der Waals surface area contributed by atoms with Crippen LogP contribution in [0.15, 0.2) is 24.5 Å². The maximum absolute atomic E-state index is 11.6. The summed E-state index contributed by atoms with van der Waals surface area (Å²) in [7, 11) is 0. The number of ketones is 1. The summed E-state index contributed by atoms with van der Waals surface area (Å²) in [5.41, 5.74) is 0.633. The fourth-order valence-corrected chi connectivity index (χ4v) is 2.52. The van der Waals surface area contributed by atoms with Crippen LogP contribution in [0.4, 0.5) is 0 Å². The molecule has 0 unspecified atom stereocenters. The summed E-state index contributed by atoms with van der Waals surface area (Å²) < 4.78 is 1.93. The normalized spacial score (nSPS) is 12.7. The highest BCUT2D eigenvalue weighted by molar-refractivity contribution is 7.17. The van der Waals surface area contributed by atoms with Crippen LogP contribution in [0.5, 0.6) is 0 Å². The Morgan fingerprint density at radius 2 is 2.12 bits per heavy atom.